The Hall–Kier alpha value is -4.09. The standard InChI is InChI=1S/C27H22ClFN6O/c1-16(2)27(36)35-11-10-34(14-18(35)12-30-3)26-20-13-31-24(23(29)25(20)32-15-33-26)19-8-4-6-17-7-5-9-21(28)22(17)19/h4-9,13,15,18H,1,10-12,14H2,2H3/t18-/m0/s1. The number of piperazine rings is 1. The summed E-state index contributed by atoms with van der Waals surface area (Å²) in [6.45, 7) is 14.2. The van der Waals surface area contributed by atoms with Crippen molar-refractivity contribution in [3.8, 4) is 11.3 Å². The fraction of sp³-hybridized carbons (Fsp3) is 0.222. The maximum atomic E-state index is 15.9. The zero-order chi connectivity index (χ0) is 25.4. The molecule has 1 saturated heterocycles. The Morgan fingerprint density at radius 2 is 2.00 bits per heavy atom. The number of hydrogen-bond donors (Lipinski definition) is 0. The lowest BCUT2D eigenvalue weighted by atomic mass is 10.0. The molecule has 1 amide bonds. The minimum Gasteiger partial charge on any atom is -0.352 e. The number of pyridine rings is 1. The van der Waals surface area contributed by atoms with Crippen LogP contribution in [0.4, 0.5) is 10.2 Å². The van der Waals surface area contributed by atoms with Gasteiger partial charge < -0.3 is 14.6 Å². The minimum absolute atomic E-state index is 0.149. The molecule has 1 aliphatic rings. The molecule has 7 nitrogen and oxygen atoms in total. The topological polar surface area (TPSA) is 66.6 Å². The summed E-state index contributed by atoms with van der Waals surface area (Å²) in [6.07, 6.45) is 2.91. The predicted molar refractivity (Wildman–Crippen MR) is 139 cm³/mol. The monoisotopic (exact) mass is 500 g/mol. The molecular weight excluding hydrogens is 479 g/mol. The first kappa shape index (κ1) is 23.6. The van der Waals surface area contributed by atoms with Crippen molar-refractivity contribution in [1.29, 1.82) is 0 Å². The van der Waals surface area contributed by atoms with Gasteiger partial charge in [-0.3, -0.25) is 9.78 Å². The maximum absolute atomic E-state index is 15.9. The third-order valence-corrected chi connectivity index (χ3v) is 6.74. The van der Waals surface area contributed by atoms with Gasteiger partial charge in [-0.15, -0.1) is 0 Å². The zero-order valence-corrected chi connectivity index (χ0v) is 20.3. The largest absolute Gasteiger partial charge is 0.352 e. The van der Waals surface area contributed by atoms with Crippen molar-refractivity contribution in [3.05, 3.63) is 83.3 Å². The van der Waals surface area contributed by atoms with E-state index in [-0.39, 0.29) is 29.7 Å². The van der Waals surface area contributed by atoms with E-state index in [9.17, 15) is 4.79 Å². The molecule has 0 radical (unpaired) electrons. The second-order valence-corrected chi connectivity index (χ2v) is 9.15. The van der Waals surface area contributed by atoms with Gasteiger partial charge in [0.05, 0.1) is 5.39 Å². The average Bonchev–Trinajstić information content (AvgIpc) is 2.88. The van der Waals surface area contributed by atoms with Crippen LogP contribution >= 0.6 is 11.6 Å². The number of hydrogen-bond acceptors (Lipinski definition) is 5. The van der Waals surface area contributed by atoms with E-state index in [0.29, 0.717) is 47.0 Å². The average molecular weight is 501 g/mol. The Morgan fingerprint density at radius 1 is 1.22 bits per heavy atom. The highest BCUT2D eigenvalue weighted by molar-refractivity contribution is 6.36. The number of benzene rings is 2. The molecule has 1 aliphatic heterocycles. The van der Waals surface area contributed by atoms with E-state index in [1.165, 1.54) is 6.33 Å². The van der Waals surface area contributed by atoms with E-state index in [0.717, 1.165) is 10.8 Å². The smallest absolute Gasteiger partial charge is 0.249 e. The zero-order valence-electron chi connectivity index (χ0n) is 19.6. The summed E-state index contributed by atoms with van der Waals surface area (Å²) >= 11 is 6.47. The van der Waals surface area contributed by atoms with Gasteiger partial charge >= 0.3 is 0 Å². The molecule has 0 aliphatic carbocycles. The molecule has 3 heterocycles. The second-order valence-electron chi connectivity index (χ2n) is 8.74. The summed E-state index contributed by atoms with van der Waals surface area (Å²) in [5.41, 5.74) is 1.32. The van der Waals surface area contributed by atoms with E-state index >= 15 is 4.39 Å². The summed E-state index contributed by atoms with van der Waals surface area (Å²) in [5.74, 6) is -0.203. The molecule has 1 atom stereocenters. The third-order valence-electron chi connectivity index (χ3n) is 6.42. The number of aromatic nitrogens is 3. The maximum Gasteiger partial charge on any atom is 0.249 e. The third kappa shape index (κ3) is 4.01. The molecule has 1 fully saturated rings. The molecular formula is C27H22ClFN6O. The Bertz CT molecular complexity index is 1560. The molecule has 2 aromatic carbocycles. The van der Waals surface area contributed by atoms with Crippen molar-refractivity contribution in [2.45, 2.75) is 13.0 Å². The van der Waals surface area contributed by atoms with E-state index in [2.05, 4.69) is 26.4 Å². The highest BCUT2D eigenvalue weighted by Gasteiger charge is 2.34. The van der Waals surface area contributed by atoms with Crippen LogP contribution in [0.3, 0.4) is 0 Å². The van der Waals surface area contributed by atoms with Gasteiger partial charge in [0, 0.05) is 47.4 Å². The molecule has 2 aromatic heterocycles. The number of carbonyl (C=O) groups is 1. The van der Waals surface area contributed by atoms with E-state index in [1.807, 2.05) is 29.2 Å². The van der Waals surface area contributed by atoms with Crippen molar-refractivity contribution in [2.24, 2.45) is 0 Å². The van der Waals surface area contributed by atoms with Crippen LogP contribution in [0.15, 0.2) is 61.1 Å². The van der Waals surface area contributed by atoms with Crippen LogP contribution in [0, 0.1) is 12.4 Å². The van der Waals surface area contributed by atoms with E-state index < -0.39 is 5.82 Å². The molecule has 0 N–H and O–H groups in total. The van der Waals surface area contributed by atoms with Crippen molar-refractivity contribution >= 4 is 45.0 Å². The van der Waals surface area contributed by atoms with Crippen LogP contribution < -0.4 is 4.90 Å². The van der Waals surface area contributed by atoms with Crippen LogP contribution in [0.25, 0.3) is 37.8 Å². The van der Waals surface area contributed by atoms with Gasteiger partial charge in [-0.25, -0.2) is 20.9 Å². The van der Waals surface area contributed by atoms with E-state index in [1.54, 1.807) is 30.2 Å². The van der Waals surface area contributed by atoms with Gasteiger partial charge in [-0.05, 0) is 18.4 Å². The summed E-state index contributed by atoms with van der Waals surface area (Å²) < 4.78 is 15.9. The van der Waals surface area contributed by atoms with Gasteiger partial charge in [-0.2, -0.15) is 0 Å². The molecule has 0 bridgehead atoms. The normalized spacial score (nSPS) is 15.8. The van der Waals surface area contributed by atoms with Gasteiger partial charge in [0.25, 0.3) is 0 Å². The minimum atomic E-state index is -0.558. The number of fused-ring (bicyclic) bond motifs is 2. The van der Waals surface area contributed by atoms with Gasteiger partial charge in [0.1, 0.15) is 29.4 Å². The summed E-state index contributed by atoms with van der Waals surface area (Å²) in [6, 6.07) is 10.8. The van der Waals surface area contributed by atoms with Crippen LogP contribution in [0.1, 0.15) is 6.92 Å². The molecule has 0 unspecified atom stereocenters. The van der Waals surface area contributed by atoms with Crippen LogP contribution in [-0.4, -0.2) is 58.0 Å². The molecule has 4 aromatic rings. The second kappa shape index (κ2) is 9.51. The first-order valence-electron chi connectivity index (χ1n) is 11.4. The summed E-state index contributed by atoms with van der Waals surface area (Å²) in [4.78, 5) is 32.9. The number of nitrogens with zero attached hydrogens (tertiary/aromatic N) is 6. The van der Waals surface area contributed by atoms with E-state index in [4.69, 9.17) is 18.2 Å². The SMILES string of the molecule is [C-]#[N+]C[C@H]1CN(c2ncnc3c(F)c(-c4cccc5cccc(Cl)c45)ncc23)CCN1C(=O)C(=C)C. The first-order valence-corrected chi connectivity index (χ1v) is 11.8. The number of rotatable bonds is 4. The quantitative estimate of drug-likeness (QED) is 0.286. The van der Waals surface area contributed by atoms with Crippen molar-refractivity contribution in [2.75, 3.05) is 31.1 Å². The lowest BCUT2D eigenvalue weighted by Crippen LogP contribution is -2.56. The number of halogens is 2. The van der Waals surface area contributed by atoms with Crippen molar-refractivity contribution in [1.82, 2.24) is 19.9 Å². The van der Waals surface area contributed by atoms with Crippen molar-refractivity contribution < 1.29 is 9.18 Å². The Balaban J connectivity index is 1.56. The molecule has 0 saturated carbocycles. The molecule has 9 heteroatoms. The molecule has 36 heavy (non-hydrogen) atoms. The number of amides is 1. The van der Waals surface area contributed by atoms with Crippen molar-refractivity contribution in [3.63, 3.8) is 0 Å². The Kier molecular flexibility index (Phi) is 6.25. The fourth-order valence-corrected chi connectivity index (χ4v) is 5.02. The van der Waals surface area contributed by atoms with Crippen LogP contribution in [-0.2, 0) is 4.79 Å². The molecule has 5 rings (SSSR count). The highest BCUT2D eigenvalue weighted by Crippen LogP contribution is 2.36. The highest BCUT2D eigenvalue weighted by atomic mass is 35.5. The van der Waals surface area contributed by atoms with Crippen LogP contribution in [0.2, 0.25) is 5.02 Å². The summed E-state index contributed by atoms with van der Waals surface area (Å²) in [7, 11) is 0. The Labute approximate surface area is 212 Å². The lowest BCUT2D eigenvalue weighted by molar-refractivity contribution is -0.129. The van der Waals surface area contributed by atoms with Gasteiger partial charge in [0.15, 0.2) is 5.82 Å². The number of anilines is 1. The first-order chi connectivity index (χ1) is 17.4. The lowest BCUT2D eigenvalue weighted by Gasteiger charge is -2.40. The van der Waals surface area contributed by atoms with Crippen LogP contribution in [0.5, 0.6) is 0 Å². The molecule has 180 valence electrons. The number of carbonyl (C=O) groups excluding carboxylic acids is 1. The predicted octanol–water partition coefficient (Wildman–Crippen LogP) is 5.15. The fourth-order valence-electron chi connectivity index (χ4n) is 4.73. The van der Waals surface area contributed by atoms with Gasteiger partial charge in [0.2, 0.25) is 12.5 Å². The molecule has 0 spiro atoms. The Morgan fingerprint density at radius 3 is 2.75 bits per heavy atom. The summed E-state index contributed by atoms with van der Waals surface area (Å²) in [5, 5.41) is 2.59. The van der Waals surface area contributed by atoms with Gasteiger partial charge in [-0.1, -0.05) is 48.5 Å².